The van der Waals surface area contributed by atoms with E-state index >= 15 is 0 Å². The maximum Gasteiger partial charge on any atom is 0.166 e. The van der Waals surface area contributed by atoms with Crippen LogP contribution in [-0.4, -0.2) is 5.78 Å². The van der Waals surface area contributed by atoms with Gasteiger partial charge in [0.1, 0.15) is 0 Å². The van der Waals surface area contributed by atoms with Crippen LogP contribution in [-0.2, 0) is 0 Å². The van der Waals surface area contributed by atoms with E-state index < -0.39 is 0 Å². The maximum absolute atomic E-state index is 13.8. The lowest BCUT2D eigenvalue weighted by molar-refractivity contribution is -0.131. The lowest BCUT2D eigenvalue weighted by Gasteiger charge is -2.62. The normalized spacial score (nSPS) is 38.0. The van der Waals surface area contributed by atoms with E-state index in [9.17, 15) is 4.79 Å². The number of rotatable bonds is 7. The summed E-state index contributed by atoms with van der Waals surface area (Å²) in [6.07, 6.45) is 15.3. The number of fused-ring (bicyclic) bond motifs is 7. The van der Waals surface area contributed by atoms with E-state index in [0.717, 1.165) is 41.1 Å². The minimum absolute atomic E-state index is 0.151. The third-order valence-electron chi connectivity index (χ3n) is 14.1. The first-order valence-corrected chi connectivity index (χ1v) is 20.6. The van der Waals surface area contributed by atoms with Crippen LogP contribution in [0.2, 0.25) is 0 Å². The maximum atomic E-state index is 13.8. The van der Waals surface area contributed by atoms with Crippen LogP contribution in [0.25, 0.3) is 0 Å². The Labute approximate surface area is 293 Å². The Kier molecular flexibility index (Phi) is 15.4. The second-order valence-electron chi connectivity index (χ2n) is 16.3. The smallest absolute Gasteiger partial charge is 0.166 e. The molecule has 0 spiro atoms. The fraction of sp³-hybridized carbons (Fsp3) is 0.841. The minimum Gasteiger partial charge on any atom is -0.399 e. The molecule has 0 bridgehead atoms. The molecule has 5 aliphatic rings. The second-order valence-corrected chi connectivity index (χ2v) is 16.3. The average molecular weight is 653 g/mol. The summed E-state index contributed by atoms with van der Waals surface area (Å²) >= 11 is 0. The van der Waals surface area contributed by atoms with Crippen LogP contribution in [0.4, 0.5) is 11.4 Å². The number of hydrogen-bond acceptors (Lipinski definition) is 3. The molecular formula is C44H80N2O. The molecule has 272 valence electrons. The number of benzene rings is 1. The molecule has 1 aromatic rings. The number of carbonyl (C=O) groups is 1. The topological polar surface area (TPSA) is 69.1 Å². The van der Waals surface area contributed by atoms with Gasteiger partial charge in [-0.2, -0.15) is 0 Å². The summed E-state index contributed by atoms with van der Waals surface area (Å²) in [5, 5.41) is 0. The summed E-state index contributed by atoms with van der Waals surface area (Å²) in [6, 6.07) is 5.46. The third kappa shape index (κ3) is 7.65. The predicted octanol–water partition coefficient (Wildman–Crippen LogP) is 13.1. The number of anilines is 2. The number of ketones is 1. The summed E-state index contributed by atoms with van der Waals surface area (Å²) in [5.41, 5.74) is 15.2. The summed E-state index contributed by atoms with van der Waals surface area (Å²) in [5.74, 6) is 6.96. The summed E-state index contributed by atoms with van der Waals surface area (Å²) < 4.78 is 0. The molecule has 0 radical (unpaired) electrons. The van der Waals surface area contributed by atoms with Gasteiger partial charge in [-0.3, -0.25) is 4.79 Å². The van der Waals surface area contributed by atoms with Crippen molar-refractivity contribution < 1.29 is 4.79 Å². The van der Waals surface area contributed by atoms with Gasteiger partial charge < -0.3 is 11.5 Å². The van der Waals surface area contributed by atoms with Crippen LogP contribution in [0.5, 0.6) is 0 Å². The van der Waals surface area contributed by atoms with Gasteiger partial charge in [0.05, 0.1) is 0 Å². The first kappa shape index (κ1) is 41.7. The Bertz CT molecular complexity index is 1090. The van der Waals surface area contributed by atoms with Crippen LogP contribution < -0.4 is 11.5 Å². The van der Waals surface area contributed by atoms with Crippen molar-refractivity contribution in [1.29, 1.82) is 0 Å². The van der Waals surface area contributed by atoms with Crippen LogP contribution in [0.15, 0.2) is 18.2 Å². The van der Waals surface area contributed by atoms with Gasteiger partial charge in [0.2, 0.25) is 0 Å². The van der Waals surface area contributed by atoms with E-state index in [1.54, 1.807) is 6.07 Å². The highest BCUT2D eigenvalue weighted by Crippen LogP contribution is 2.79. The van der Waals surface area contributed by atoms with Crippen molar-refractivity contribution in [1.82, 2.24) is 0 Å². The van der Waals surface area contributed by atoms with Crippen LogP contribution in [0.3, 0.4) is 0 Å². The number of carbonyl (C=O) groups excluding carboxylic acids is 1. The van der Waals surface area contributed by atoms with Crippen molar-refractivity contribution in [2.24, 2.45) is 69.5 Å². The molecule has 3 nitrogen and oxygen atoms in total. The molecule has 0 saturated heterocycles. The lowest BCUT2D eigenvalue weighted by atomic mass is 9.43. The van der Waals surface area contributed by atoms with Crippen molar-refractivity contribution in [2.75, 3.05) is 11.5 Å². The molecule has 0 aromatic heterocycles. The van der Waals surface area contributed by atoms with Gasteiger partial charge in [0.25, 0.3) is 0 Å². The highest BCUT2D eigenvalue weighted by molar-refractivity contribution is 6.02. The zero-order chi connectivity index (χ0) is 35.9. The molecule has 1 aromatic carbocycles. The van der Waals surface area contributed by atoms with E-state index in [-0.39, 0.29) is 11.3 Å². The first-order valence-electron chi connectivity index (χ1n) is 20.6. The molecule has 5 fully saturated rings. The average Bonchev–Trinajstić information content (AvgIpc) is 3.52. The van der Waals surface area contributed by atoms with Gasteiger partial charge in [0, 0.05) is 22.9 Å². The van der Waals surface area contributed by atoms with Gasteiger partial charge in [-0.1, -0.05) is 116 Å². The Morgan fingerprint density at radius 3 is 1.81 bits per heavy atom. The highest BCUT2D eigenvalue weighted by atomic mass is 16.1. The van der Waals surface area contributed by atoms with Gasteiger partial charge >= 0.3 is 0 Å². The zero-order valence-corrected chi connectivity index (χ0v) is 33.8. The number of hydrogen-bond donors (Lipinski definition) is 2. The minimum atomic E-state index is 0.151. The van der Waals surface area contributed by atoms with Crippen molar-refractivity contribution in [3.05, 3.63) is 23.8 Å². The molecule has 0 aliphatic heterocycles. The lowest BCUT2D eigenvalue weighted by Crippen LogP contribution is -2.55. The summed E-state index contributed by atoms with van der Waals surface area (Å²) in [7, 11) is 0. The zero-order valence-electron chi connectivity index (χ0n) is 33.8. The third-order valence-corrected chi connectivity index (χ3v) is 14.1. The summed E-state index contributed by atoms with van der Waals surface area (Å²) in [6.45, 7) is 31.2. The number of nitrogen functional groups attached to an aromatic ring is 2. The Morgan fingerprint density at radius 1 is 0.702 bits per heavy atom. The first-order chi connectivity index (χ1) is 22.4. The van der Waals surface area contributed by atoms with Crippen molar-refractivity contribution in [3.63, 3.8) is 0 Å². The molecule has 0 amide bonds. The molecule has 0 heterocycles. The standard InChI is InChI=1S/C36H56N2O.4C2H6/c1-21(2)8-7-9-22(3)27-11-12-28-26-10-13-31-35(5,29(26)14-16-34(27,28)4)17-15-30-32(36(30,31)6)33(39)23-18-24(37)20-25(38)19-23;4*1-2/h18-22,26-32H,7-17,37-38H2,1-6H3;4*1-2H3. The fourth-order valence-corrected chi connectivity index (χ4v) is 12.4. The molecule has 4 N–H and O–H groups in total. The monoisotopic (exact) mass is 653 g/mol. The van der Waals surface area contributed by atoms with Gasteiger partial charge in [-0.05, 0) is 133 Å². The molecule has 11 unspecified atom stereocenters. The number of nitrogens with two attached hydrogens (primary N) is 2. The van der Waals surface area contributed by atoms with E-state index in [1.165, 1.54) is 70.6 Å². The molecule has 47 heavy (non-hydrogen) atoms. The SMILES string of the molecule is CC.CC.CC.CC.CC(C)CCCC(C)C1CCC2C3CCC4C(C)(CCC5C(C(=O)c6cc(N)cc(N)c6)C54C)C3CCC12C. The fourth-order valence-electron chi connectivity index (χ4n) is 12.4. The van der Waals surface area contributed by atoms with Crippen molar-refractivity contribution >= 4 is 17.2 Å². The highest BCUT2D eigenvalue weighted by Gasteiger charge is 2.74. The molecule has 5 saturated carbocycles. The molecular weight excluding hydrogens is 572 g/mol. The number of Topliss-reactive ketones (excluding diaryl/α,β-unsaturated/α-hetero) is 1. The van der Waals surface area contributed by atoms with Gasteiger partial charge in [0.15, 0.2) is 5.78 Å². The van der Waals surface area contributed by atoms with Crippen LogP contribution in [0.1, 0.15) is 178 Å². The molecule has 5 aliphatic carbocycles. The van der Waals surface area contributed by atoms with E-state index in [0.29, 0.717) is 39.8 Å². The van der Waals surface area contributed by atoms with Crippen molar-refractivity contribution in [2.45, 2.75) is 168 Å². The second kappa shape index (κ2) is 17.4. The Hall–Kier alpha value is -1.51. The van der Waals surface area contributed by atoms with Crippen LogP contribution in [0, 0.1) is 69.5 Å². The predicted molar refractivity (Wildman–Crippen MR) is 209 cm³/mol. The largest absolute Gasteiger partial charge is 0.399 e. The van der Waals surface area contributed by atoms with E-state index in [2.05, 4.69) is 41.5 Å². The Balaban J connectivity index is 0.000000894. The molecule has 11 atom stereocenters. The van der Waals surface area contributed by atoms with Crippen molar-refractivity contribution in [3.8, 4) is 0 Å². The quantitative estimate of drug-likeness (QED) is 0.227. The van der Waals surface area contributed by atoms with E-state index in [1.807, 2.05) is 67.5 Å². The molecule has 3 heteroatoms. The van der Waals surface area contributed by atoms with Gasteiger partial charge in [-0.15, -0.1) is 0 Å². The Morgan fingerprint density at radius 2 is 1.23 bits per heavy atom. The molecule has 6 rings (SSSR count). The van der Waals surface area contributed by atoms with E-state index in [4.69, 9.17) is 11.5 Å². The van der Waals surface area contributed by atoms with Gasteiger partial charge in [-0.25, -0.2) is 0 Å². The van der Waals surface area contributed by atoms with Crippen LogP contribution >= 0.6 is 0 Å². The summed E-state index contributed by atoms with van der Waals surface area (Å²) in [4.78, 5) is 13.8.